The van der Waals surface area contributed by atoms with Crippen molar-refractivity contribution in [3.63, 3.8) is 0 Å². The topological polar surface area (TPSA) is 48.5 Å². The molecule has 0 spiro atoms. The number of pyridine rings is 1. The molecule has 1 aliphatic rings. The van der Waals surface area contributed by atoms with E-state index in [0.717, 1.165) is 32.7 Å². The van der Waals surface area contributed by atoms with Gasteiger partial charge in [-0.3, -0.25) is 14.6 Å². The van der Waals surface area contributed by atoms with Crippen LogP contribution in [-0.4, -0.2) is 52.9 Å². The molecule has 1 aromatic carbocycles. The number of halogens is 1. The van der Waals surface area contributed by atoms with E-state index in [9.17, 15) is 4.79 Å². The first-order valence-corrected chi connectivity index (χ1v) is 8.93. The Morgan fingerprint density at radius 1 is 1.16 bits per heavy atom. The lowest BCUT2D eigenvalue weighted by atomic mass is 10.1. The van der Waals surface area contributed by atoms with Crippen LogP contribution in [0, 0.1) is 0 Å². The van der Waals surface area contributed by atoms with Crippen molar-refractivity contribution in [2.45, 2.75) is 19.5 Å². The molecule has 0 unspecified atom stereocenters. The lowest BCUT2D eigenvalue weighted by Gasteiger charge is -2.37. The van der Waals surface area contributed by atoms with Gasteiger partial charge >= 0.3 is 0 Å². The van der Waals surface area contributed by atoms with Gasteiger partial charge in [0.2, 0.25) is 5.91 Å². The van der Waals surface area contributed by atoms with Crippen molar-refractivity contribution in [3.8, 4) is 0 Å². The molecule has 1 aromatic heterocycles. The molecule has 3 rings (SSSR count). The van der Waals surface area contributed by atoms with Crippen LogP contribution in [0.25, 0.3) is 0 Å². The fraction of sp³-hybridized carbons (Fsp3) is 0.368. The summed E-state index contributed by atoms with van der Waals surface area (Å²) in [5, 5.41) is 3.19. The molecular weight excluding hydrogens is 336 g/mol. The first kappa shape index (κ1) is 17.9. The number of hydrogen-bond donors (Lipinski definition) is 1. The number of anilines is 1. The number of nitrogens with zero attached hydrogens (tertiary/aromatic N) is 3. The number of amides is 1. The van der Waals surface area contributed by atoms with Crippen LogP contribution in [0.1, 0.15) is 12.5 Å². The molecule has 1 fully saturated rings. The quantitative estimate of drug-likeness (QED) is 0.835. The van der Waals surface area contributed by atoms with Gasteiger partial charge in [0.1, 0.15) is 0 Å². The van der Waals surface area contributed by atoms with Crippen molar-refractivity contribution in [1.29, 1.82) is 0 Å². The van der Waals surface area contributed by atoms with Gasteiger partial charge in [0.05, 0.1) is 11.7 Å². The summed E-state index contributed by atoms with van der Waals surface area (Å²) < 4.78 is 0. The van der Waals surface area contributed by atoms with E-state index in [1.165, 1.54) is 5.56 Å². The highest BCUT2D eigenvalue weighted by Gasteiger charge is 2.26. The summed E-state index contributed by atoms with van der Waals surface area (Å²) in [6, 6.07) is 13.8. The SMILES string of the molecule is C[C@H](C(=O)Nc1cccnc1Cl)N1CCN(Cc2ccccc2)CC1. The van der Waals surface area contributed by atoms with Crippen molar-refractivity contribution < 1.29 is 4.79 Å². The van der Waals surface area contributed by atoms with Gasteiger partial charge in [0.15, 0.2) is 5.15 Å². The fourth-order valence-electron chi connectivity index (χ4n) is 3.03. The van der Waals surface area contributed by atoms with Gasteiger partial charge < -0.3 is 5.32 Å². The predicted octanol–water partition coefficient (Wildman–Crippen LogP) is 2.88. The minimum atomic E-state index is -0.199. The molecule has 6 heteroatoms. The van der Waals surface area contributed by atoms with Gasteiger partial charge in [-0.2, -0.15) is 0 Å². The zero-order valence-electron chi connectivity index (χ0n) is 14.4. The molecule has 1 amide bonds. The van der Waals surface area contributed by atoms with Crippen LogP contribution < -0.4 is 5.32 Å². The number of benzene rings is 1. The Morgan fingerprint density at radius 3 is 2.56 bits per heavy atom. The van der Waals surface area contributed by atoms with E-state index in [2.05, 4.69) is 44.4 Å². The number of carbonyl (C=O) groups is 1. The van der Waals surface area contributed by atoms with Gasteiger partial charge in [0.25, 0.3) is 0 Å². The lowest BCUT2D eigenvalue weighted by Crippen LogP contribution is -2.52. The normalized spacial score (nSPS) is 17.2. The molecule has 0 bridgehead atoms. The minimum absolute atomic E-state index is 0.0496. The molecule has 5 nitrogen and oxygen atoms in total. The zero-order valence-corrected chi connectivity index (χ0v) is 15.1. The first-order valence-electron chi connectivity index (χ1n) is 8.55. The average Bonchev–Trinajstić information content (AvgIpc) is 2.64. The van der Waals surface area contributed by atoms with Crippen molar-refractivity contribution in [1.82, 2.24) is 14.8 Å². The second kappa shape index (κ2) is 8.43. The Bertz CT molecular complexity index is 702. The van der Waals surface area contributed by atoms with Crippen LogP contribution in [0.15, 0.2) is 48.7 Å². The molecule has 2 heterocycles. The molecule has 0 saturated carbocycles. The van der Waals surface area contributed by atoms with E-state index in [0.29, 0.717) is 10.8 Å². The monoisotopic (exact) mass is 358 g/mol. The number of aromatic nitrogens is 1. The molecule has 1 N–H and O–H groups in total. The molecule has 1 aliphatic heterocycles. The van der Waals surface area contributed by atoms with E-state index in [1.807, 2.05) is 13.0 Å². The second-order valence-corrected chi connectivity index (χ2v) is 6.66. The highest BCUT2D eigenvalue weighted by Crippen LogP contribution is 2.18. The Labute approximate surface area is 153 Å². The maximum absolute atomic E-state index is 12.5. The van der Waals surface area contributed by atoms with Crippen molar-refractivity contribution in [3.05, 3.63) is 59.4 Å². The Hall–Kier alpha value is -1.95. The Kier molecular flexibility index (Phi) is 6.02. The van der Waals surface area contributed by atoms with Gasteiger partial charge in [-0.15, -0.1) is 0 Å². The van der Waals surface area contributed by atoms with Crippen LogP contribution in [0.3, 0.4) is 0 Å². The predicted molar refractivity (Wildman–Crippen MR) is 101 cm³/mol. The number of nitrogens with one attached hydrogen (secondary N) is 1. The second-order valence-electron chi connectivity index (χ2n) is 6.30. The van der Waals surface area contributed by atoms with Crippen molar-refractivity contribution in [2.75, 3.05) is 31.5 Å². The van der Waals surface area contributed by atoms with E-state index >= 15 is 0 Å². The largest absolute Gasteiger partial charge is 0.322 e. The van der Waals surface area contributed by atoms with Crippen molar-refractivity contribution >= 4 is 23.2 Å². The molecule has 2 aromatic rings. The summed E-state index contributed by atoms with van der Waals surface area (Å²) in [7, 11) is 0. The van der Waals surface area contributed by atoms with Crippen LogP contribution in [-0.2, 0) is 11.3 Å². The number of carbonyl (C=O) groups excluding carboxylic acids is 1. The number of rotatable bonds is 5. The molecule has 1 saturated heterocycles. The van der Waals surface area contributed by atoms with Crippen LogP contribution in [0.5, 0.6) is 0 Å². The van der Waals surface area contributed by atoms with Crippen molar-refractivity contribution in [2.24, 2.45) is 0 Å². The number of piperazine rings is 1. The first-order chi connectivity index (χ1) is 12.1. The van der Waals surface area contributed by atoms with E-state index in [1.54, 1.807) is 18.3 Å². The Morgan fingerprint density at radius 2 is 1.88 bits per heavy atom. The van der Waals surface area contributed by atoms with Gasteiger partial charge in [-0.05, 0) is 24.6 Å². The molecule has 132 valence electrons. The van der Waals surface area contributed by atoms with E-state index < -0.39 is 0 Å². The summed E-state index contributed by atoms with van der Waals surface area (Å²) in [6.45, 7) is 6.57. The highest BCUT2D eigenvalue weighted by atomic mass is 35.5. The van der Waals surface area contributed by atoms with Crippen LogP contribution >= 0.6 is 11.6 Å². The minimum Gasteiger partial charge on any atom is -0.322 e. The van der Waals surface area contributed by atoms with Gasteiger partial charge in [-0.25, -0.2) is 4.98 Å². The summed E-state index contributed by atoms with van der Waals surface area (Å²) in [6.07, 6.45) is 1.60. The Balaban J connectivity index is 1.50. The molecule has 0 radical (unpaired) electrons. The van der Waals surface area contributed by atoms with Crippen LogP contribution in [0.4, 0.5) is 5.69 Å². The van der Waals surface area contributed by atoms with Gasteiger partial charge in [-0.1, -0.05) is 41.9 Å². The zero-order chi connectivity index (χ0) is 17.6. The number of hydrogen-bond acceptors (Lipinski definition) is 4. The molecular formula is C19H23ClN4O. The third-order valence-electron chi connectivity index (χ3n) is 4.60. The molecule has 25 heavy (non-hydrogen) atoms. The summed E-state index contributed by atoms with van der Waals surface area (Å²) in [4.78, 5) is 21.1. The summed E-state index contributed by atoms with van der Waals surface area (Å²) >= 11 is 6.01. The maximum Gasteiger partial charge on any atom is 0.241 e. The summed E-state index contributed by atoms with van der Waals surface area (Å²) in [5.41, 5.74) is 1.89. The fourth-order valence-corrected chi connectivity index (χ4v) is 3.20. The molecule has 1 atom stereocenters. The molecule has 0 aliphatic carbocycles. The maximum atomic E-state index is 12.5. The highest BCUT2D eigenvalue weighted by molar-refractivity contribution is 6.32. The third kappa shape index (κ3) is 4.78. The lowest BCUT2D eigenvalue weighted by molar-refractivity contribution is -0.121. The van der Waals surface area contributed by atoms with E-state index in [4.69, 9.17) is 11.6 Å². The van der Waals surface area contributed by atoms with Crippen LogP contribution in [0.2, 0.25) is 5.15 Å². The smallest absolute Gasteiger partial charge is 0.241 e. The standard InChI is InChI=1S/C19H23ClN4O/c1-15(19(25)22-17-8-5-9-21-18(17)20)24-12-10-23(11-13-24)14-16-6-3-2-4-7-16/h2-9,15H,10-14H2,1H3,(H,22,25)/t15-/m1/s1. The third-order valence-corrected chi connectivity index (χ3v) is 4.90. The average molecular weight is 359 g/mol. The van der Waals surface area contributed by atoms with Gasteiger partial charge in [0, 0.05) is 38.9 Å². The van der Waals surface area contributed by atoms with E-state index in [-0.39, 0.29) is 11.9 Å². The summed E-state index contributed by atoms with van der Waals surface area (Å²) in [5.74, 6) is -0.0496.